The average Bonchev–Trinajstić information content (AvgIpc) is 2.53. The third kappa shape index (κ3) is 4.08. The number of nitrogens with zero attached hydrogens (tertiary/aromatic N) is 1. The molecule has 2 unspecified atom stereocenters. The number of hydrogen-bond acceptors (Lipinski definition) is 2. The fraction of sp³-hybridized carbons (Fsp3) is 0.684. The van der Waals surface area contributed by atoms with E-state index < -0.39 is 6.10 Å². The summed E-state index contributed by atoms with van der Waals surface area (Å²) in [7, 11) is 2.18. The van der Waals surface area contributed by atoms with E-state index in [4.69, 9.17) is 0 Å². The van der Waals surface area contributed by atoms with Crippen molar-refractivity contribution in [1.29, 1.82) is 0 Å². The van der Waals surface area contributed by atoms with E-state index in [1.807, 2.05) is 0 Å². The molecule has 1 aliphatic rings. The Balaban J connectivity index is 1.95. The Morgan fingerprint density at radius 3 is 2.24 bits per heavy atom. The van der Waals surface area contributed by atoms with Gasteiger partial charge in [-0.2, -0.15) is 0 Å². The van der Waals surface area contributed by atoms with Crippen molar-refractivity contribution in [3.05, 3.63) is 35.4 Å². The molecule has 0 bridgehead atoms. The topological polar surface area (TPSA) is 23.5 Å². The number of hydrogen-bond donors (Lipinski definition) is 1. The fourth-order valence-electron chi connectivity index (χ4n) is 3.56. The zero-order chi connectivity index (χ0) is 15.4. The number of aliphatic hydroxyl groups is 1. The second-order valence-corrected chi connectivity index (χ2v) is 6.84. The Labute approximate surface area is 130 Å². The highest BCUT2D eigenvalue weighted by Crippen LogP contribution is 2.31. The van der Waals surface area contributed by atoms with E-state index in [1.54, 1.807) is 0 Å². The second kappa shape index (κ2) is 7.42. The average molecular weight is 289 g/mol. The zero-order valence-electron chi connectivity index (χ0n) is 14.0. The third-order valence-electron chi connectivity index (χ3n) is 5.49. The molecule has 118 valence electrons. The van der Waals surface area contributed by atoms with Crippen LogP contribution in [0.25, 0.3) is 0 Å². The van der Waals surface area contributed by atoms with Crippen molar-refractivity contribution < 1.29 is 5.11 Å². The minimum absolute atomic E-state index is 0.163. The molecule has 2 rings (SSSR count). The molecule has 1 N–H and O–H groups in total. The molecular weight excluding hydrogens is 258 g/mol. The first-order valence-electron chi connectivity index (χ1n) is 8.49. The summed E-state index contributed by atoms with van der Waals surface area (Å²) in [5.74, 6) is 0.923. The van der Waals surface area contributed by atoms with Crippen molar-refractivity contribution >= 4 is 0 Å². The lowest BCUT2D eigenvalue weighted by molar-refractivity contribution is 0.0337. The van der Waals surface area contributed by atoms with Gasteiger partial charge >= 0.3 is 0 Å². The largest absolute Gasteiger partial charge is 0.387 e. The van der Waals surface area contributed by atoms with Gasteiger partial charge in [0, 0.05) is 12.1 Å². The van der Waals surface area contributed by atoms with E-state index in [1.165, 1.54) is 37.7 Å². The van der Waals surface area contributed by atoms with Crippen LogP contribution in [-0.4, -0.2) is 29.1 Å². The number of likely N-dealkylation sites (N-methyl/N-ethyl adjacent to an activating group) is 1. The predicted molar refractivity (Wildman–Crippen MR) is 89.4 cm³/mol. The van der Waals surface area contributed by atoms with Crippen LogP contribution in [0, 0.1) is 12.8 Å². The first-order chi connectivity index (χ1) is 10.0. The van der Waals surface area contributed by atoms with Gasteiger partial charge in [0.25, 0.3) is 0 Å². The molecule has 1 fully saturated rings. The molecule has 2 atom stereocenters. The molecule has 2 nitrogen and oxygen atoms in total. The van der Waals surface area contributed by atoms with E-state index >= 15 is 0 Å². The van der Waals surface area contributed by atoms with Gasteiger partial charge in [-0.05, 0) is 58.1 Å². The molecule has 0 aliphatic heterocycles. The van der Waals surface area contributed by atoms with Crippen LogP contribution in [0.4, 0.5) is 0 Å². The fourth-order valence-corrected chi connectivity index (χ4v) is 3.56. The van der Waals surface area contributed by atoms with Crippen molar-refractivity contribution in [1.82, 2.24) is 4.90 Å². The highest BCUT2D eigenvalue weighted by molar-refractivity contribution is 5.24. The molecule has 2 heteroatoms. The summed E-state index contributed by atoms with van der Waals surface area (Å²) >= 11 is 0. The Morgan fingerprint density at radius 1 is 1.14 bits per heavy atom. The summed E-state index contributed by atoms with van der Waals surface area (Å²) < 4.78 is 0. The quantitative estimate of drug-likeness (QED) is 0.872. The molecule has 0 aromatic heterocycles. The van der Waals surface area contributed by atoms with Crippen LogP contribution in [0.1, 0.15) is 63.2 Å². The van der Waals surface area contributed by atoms with Gasteiger partial charge < -0.3 is 5.11 Å². The third-order valence-corrected chi connectivity index (χ3v) is 5.49. The maximum Gasteiger partial charge on any atom is 0.0942 e. The number of aliphatic hydroxyl groups excluding tert-OH is 1. The van der Waals surface area contributed by atoms with Crippen LogP contribution in [0.2, 0.25) is 0 Å². The molecule has 1 aliphatic carbocycles. The van der Waals surface area contributed by atoms with Crippen molar-refractivity contribution in [2.45, 2.75) is 71.1 Å². The van der Waals surface area contributed by atoms with Gasteiger partial charge in [-0.3, -0.25) is 4.90 Å². The van der Waals surface area contributed by atoms with Crippen molar-refractivity contribution in [2.24, 2.45) is 5.92 Å². The van der Waals surface area contributed by atoms with Gasteiger partial charge in [0.15, 0.2) is 0 Å². The molecular formula is C19H31NO. The van der Waals surface area contributed by atoms with Gasteiger partial charge in [-0.25, -0.2) is 0 Å². The normalized spacial score (nSPS) is 25.8. The Kier molecular flexibility index (Phi) is 5.83. The lowest BCUT2D eigenvalue weighted by Gasteiger charge is -2.39. The summed E-state index contributed by atoms with van der Waals surface area (Å²) in [5, 5.41) is 10.6. The van der Waals surface area contributed by atoms with Gasteiger partial charge in [0.2, 0.25) is 0 Å². The molecule has 0 amide bonds. The minimum Gasteiger partial charge on any atom is -0.387 e. The lowest BCUT2D eigenvalue weighted by atomic mass is 9.83. The van der Waals surface area contributed by atoms with Crippen LogP contribution >= 0.6 is 0 Å². The zero-order valence-corrected chi connectivity index (χ0v) is 14.0. The lowest BCUT2D eigenvalue weighted by Crippen LogP contribution is -2.43. The molecule has 1 saturated carbocycles. The highest BCUT2D eigenvalue weighted by atomic mass is 16.3. The second-order valence-electron chi connectivity index (χ2n) is 6.84. The summed E-state index contributed by atoms with van der Waals surface area (Å²) in [6, 6.07) is 9.06. The molecule has 1 aromatic rings. The van der Waals surface area contributed by atoms with Crippen LogP contribution in [-0.2, 0) is 0 Å². The minimum atomic E-state index is -0.403. The van der Waals surface area contributed by atoms with E-state index in [9.17, 15) is 5.11 Å². The predicted octanol–water partition coefficient (Wildman–Crippen LogP) is 4.32. The summed E-state index contributed by atoms with van der Waals surface area (Å²) in [4.78, 5) is 2.40. The van der Waals surface area contributed by atoms with Crippen LogP contribution < -0.4 is 0 Å². The van der Waals surface area contributed by atoms with Crippen LogP contribution in [0.5, 0.6) is 0 Å². The van der Waals surface area contributed by atoms with Crippen molar-refractivity contribution in [2.75, 3.05) is 7.05 Å². The van der Waals surface area contributed by atoms with Gasteiger partial charge in [-0.15, -0.1) is 0 Å². The van der Waals surface area contributed by atoms with E-state index in [-0.39, 0.29) is 6.04 Å². The maximum atomic E-state index is 10.6. The maximum absolute atomic E-state index is 10.6. The number of benzene rings is 1. The monoisotopic (exact) mass is 289 g/mol. The van der Waals surface area contributed by atoms with Gasteiger partial charge in [0.05, 0.1) is 6.10 Å². The number of aryl methyl sites for hydroxylation is 1. The van der Waals surface area contributed by atoms with E-state index in [2.05, 4.69) is 57.0 Å². The Bertz CT molecular complexity index is 420. The SMILES string of the molecule is CCC1CCC(N(C)C(C)C(O)c2ccc(C)cc2)CC1. The van der Waals surface area contributed by atoms with E-state index in [0.29, 0.717) is 6.04 Å². The first kappa shape index (κ1) is 16.5. The van der Waals surface area contributed by atoms with Gasteiger partial charge in [-0.1, -0.05) is 43.2 Å². The standard InChI is InChI=1S/C19H31NO/c1-5-16-8-12-18(13-9-16)20(4)15(3)19(21)17-10-6-14(2)7-11-17/h6-7,10-11,15-16,18-19,21H,5,8-9,12-13H2,1-4H3. The molecule has 0 heterocycles. The molecule has 21 heavy (non-hydrogen) atoms. The Hall–Kier alpha value is -0.860. The van der Waals surface area contributed by atoms with Crippen LogP contribution in [0.15, 0.2) is 24.3 Å². The smallest absolute Gasteiger partial charge is 0.0942 e. The molecule has 0 radical (unpaired) electrons. The Morgan fingerprint density at radius 2 is 1.71 bits per heavy atom. The van der Waals surface area contributed by atoms with Crippen LogP contribution in [0.3, 0.4) is 0 Å². The molecule has 0 saturated heterocycles. The highest BCUT2D eigenvalue weighted by Gasteiger charge is 2.29. The summed E-state index contributed by atoms with van der Waals surface area (Å²) in [6.45, 7) is 6.53. The van der Waals surface area contributed by atoms with Gasteiger partial charge in [0.1, 0.15) is 0 Å². The van der Waals surface area contributed by atoms with E-state index in [0.717, 1.165) is 11.5 Å². The molecule has 0 spiro atoms. The van der Waals surface area contributed by atoms with Crippen molar-refractivity contribution in [3.63, 3.8) is 0 Å². The summed E-state index contributed by atoms with van der Waals surface area (Å²) in [5.41, 5.74) is 2.27. The van der Waals surface area contributed by atoms with Crippen molar-refractivity contribution in [3.8, 4) is 0 Å². The summed E-state index contributed by atoms with van der Waals surface area (Å²) in [6.07, 6.45) is 6.16. The first-order valence-corrected chi connectivity index (χ1v) is 8.49. The number of rotatable bonds is 5. The molecule has 1 aromatic carbocycles.